The van der Waals surface area contributed by atoms with E-state index in [2.05, 4.69) is 20.6 Å². The molecule has 2 aromatic heterocycles. The summed E-state index contributed by atoms with van der Waals surface area (Å²) in [5.74, 6) is 5.81. The third kappa shape index (κ3) is 1.50. The van der Waals surface area contributed by atoms with Crippen molar-refractivity contribution in [3.63, 3.8) is 0 Å². The molecule has 0 atom stereocenters. The number of H-pyrrole nitrogens is 1. The van der Waals surface area contributed by atoms with Crippen LogP contribution in [0.1, 0.15) is 0 Å². The standard InChI is InChI=1S/C8H9N5/c9-11-8-5-7(12-13-8)6-1-3-10-4-2-6/h1-5H,9H2,(H2,11,12,13). The fourth-order valence-electron chi connectivity index (χ4n) is 1.08. The van der Waals surface area contributed by atoms with Crippen molar-refractivity contribution in [1.82, 2.24) is 15.2 Å². The minimum Gasteiger partial charge on any atom is -0.307 e. The number of aromatic nitrogens is 3. The Balaban J connectivity index is 2.36. The van der Waals surface area contributed by atoms with Crippen LogP contribution in [0.3, 0.4) is 0 Å². The first-order chi connectivity index (χ1) is 6.40. The van der Waals surface area contributed by atoms with Gasteiger partial charge in [-0.25, -0.2) is 5.84 Å². The van der Waals surface area contributed by atoms with Gasteiger partial charge in [-0.1, -0.05) is 0 Å². The van der Waals surface area contributed by atoms with Crippen LogP contribution in [0.4, 0.5) is 5.82 Å². The first-order valence-corrected chi connectivity index (χ1v) is 3.82. The number of rotatable bonds is 2. The zero-order chi connectivity index (χ0) is 9.10. The van der Waals surface area contributed by atoms with E-state index in [4.69, 9.17) is 5.84 Å². The molecule has 0 saturated heterocycles. The highest BCUT2D eigenvalue weighted by Crippen LogP contribution is 2.17. The predicted molar refractivity (Wildman–Crippen MR) is 49.6 cm³/mol. The average Bonchev–Trinajstić information content (AvgIpc) is 2.67. The monoisotopic (exact) mass is 175 g/mol. The minimum absolute atomic E-state index is 0.617. The van der Waals surface area contributed by atoms with Gasteiger partial charge in [0.1, 0.15) is 0 Å². The Morgan fingerprint density at radius 2 is 2.08 bits per heavy atom. The molecule has 2 rings (SSSR count). The van der Waals surface area contributed by atoms with E-state index < -0.39 is 0 Å². The van der Waals surface area contributed by atoms with E-state index in [1.165, 1.54) is 0 Å². The van der Waals surface area contributed by atoms with Crippen molar-refractivity contribution < 1.29 is 0 Å². The Morgan fingerprint density at radius 1 is 1.31 bits per heavy atom. The highest BCUT2D eigenvalue weighted by atomic mass is 15.3. The van der Waals surface area contributed by atoms with Gasteiger partial charge >= 0.3 is 0 Å². The molecule has 0 bridgehead atoms. The van der Waals surface area contributed by atoms with Crippen molar-refractivity contribution >= 4 is 5.82 Å². The van der Waals surface area contributed by atoms with Crippen LogP contribution < -0.4 is 11.3 Å². The maximum Gasteiger partial charge on any atom is 0.162 e. The molecule has 0 aliphatic heterocycles. The second kappa shape index (κ2) is 3.24. The number of aromatic amines is 1. The van der Waals surface area contributed by atoms with Gasteiger partial charge in [0.25, 0.3) is 0 Å². The zero-order valence-corrected chi connectivity index (χ0v) is 6.86. The first-order valence-electron chi connectivity index (χ1n) is 3.82. The van der Waals surface area contributed by atoms with Crippen LogP contribution in [0.5, 0.6) is 0 Å². The number of hydrogen-bond donors (Lipinski definition) is 3. The molecular formula is C8H9N5. The normalized spacial score (nSPS) is 9.92. The van der Waals surface area contributed by atoms with Crippen molar-refractivity contribution in [2.45, 2.75) is 0 Å². The van der Waals surface area contributed by atoms with Crippen LogP contribution in [-0.2, 0) is 0 Å². The second-order valence-electron chi connectivity index (χ2n) is 2.55. The van der Waals surface area contributed by atoms with Crippen molar-refractivity contribution in [2.75, 3.05) is 5.43 Å². The first kappa shape index (κ1) is 7.75. The van der Waals surface area contributed by atoms with E-state index in [1.807, 2.05) is 18.2 Å². The molecule has 0 aromatic carbocycles. The molecule has 0 aliphatic rings. The lowest BCUT2D eigenvalue weighted by Crippen LogP contribution is -2.06. The maximum absolute atomic E-state index is 5.20. The Kier molecular flexibility index (Phi) is 1.93. The predicted octanol–water partition coefficient (Wildman–Crippen LogP) is 0.757. The number of nitrogens with two attached hydrogens (primary N) is 1. The Labute approximate surface area is 75.0 Å². The number of pyridine rings is 1. The van der Waals surface area contributed by atoms with Gasteiger partial charge in [-0.15, -0.1) is 0 Å². The van der Waals surface area contributed by atoms with E-state index >= 15 is 0 Å². The van der Waals surface area contributed by atoms with E-state index in [1.54, 1.807) is 12.4 Å². The quantitative estimate of drug-likeness (QED) is 0.465. The maximum atomic E-state index is 5.20. The van der Waals surface area contributed by atoms with Crippen LogP contribution >= 0.6 is 0 Å². The van der Waals surface area contributed by atoms with Gasteiger partial charge < -0.3 is 5.43 Å². The van der Waals surface area contributed by atoms with Gasteiger partial charge in [0.2, 0.25) is 0 Å². The fourth-order valence-corrected chi connectivity index (χ4v) is 1.08. The molecule has 4 N–H and O–H groups in total. The lowest BCUT2D eigenvalue weighted by atomic mass is 10.2. The molecule has 5 heteroatoms. The number of nitrogen functional groups attached to an aromatic ring is 1. The summed E-state index contributed by atoms with van der Waals surface area (Å²) in [4.78, 5) is 3.92. The molecular weight excluding hydrogens is 166 g/mol. The van der Waals surface area contributed by atoms with E-state index in [0.29, 0.717) is 5.82 Å². The Bertz CT molecular complexity index is 380. The number of anilines is 1. The van der Waals surface area contributed by atoms with Gasteiger partial charge in [-0.2, -0.15) is 5.10 Å². The van der Waals surface area contributed by atoms with Crippen molar-refractivity contribution in [1.29, 1.82) is 0 Å². The molecule has 66 valence electrons. The SMILES string of the molecule is NNc1cc(-c2ccncc2)[nH]n1. The molecule has 2 heterocycles. The molecule has 13 heavy (non-hydrogen) atoms. The molecule has 5 nitrogen and oxygen atoms in total. The van der Waals surface area contributed by atoms with E-state index in [-0.39, 0.29) is 0 Å². The number of hydrazine groups is 1. The van der Waals surface area contributed by atoms with Gasteiger partial charge in [0.15, 0.2) is 5.82 Å². The molecule has 0 amide bonds. The fraction of sp³-hybridized carbons (Fsp3) is 0. The Morgan fingerprint density at radius 3 is 2.69 bits per heavy atom. The highest BCUT2D eigenvalue weighted by molar-refractivity contribution is 5.61. The zero-order valence-electron chi connectivity index (χ0n) is 6.86. The summed E-state index contributed by atoms with van der Waals surface area (Å²) in [5.41, 5.74) is 4.40. The molecule has 0 radical (unpaired) electrons. The van der Waals surface area contributed by atoms with Crippen molar-refractivity contribution in [2.24, 2.45) is 5.84 Å². The smallest absolute Gasteiger partial charge is 0.162 e. The summed E-state index contributed by atoms with van der Waals surface area (Å²) in [6.45, 7) is 0. The van der Waals surface area contributed by atoms with Gasteiger partial charge in [0.05, 0.1) is 5.69 Å². The van der Waals surface area contributed by atoms with Crippen LogP contribution in [0.25, 0.3) is 11.3 Å². The summed E-state index contributed by atoms with van der Waals surface area (Å²) in [5, 5.41) is 6.78. The van der Waals surface area contributed by atoms with Crippen LogP contribution in [-0.4, -0.2) is 15.2 Å². The minimum atomic E-state index is 0.617. The highest BCUT2D eigenvalue weighted by Gasteiger charge is 2.00. The summed E-state index contributed by atoms with van der Waals surface area (Å²) in [6.07, 6.45) is 3.46. The lowest BCUT2D eigenvalue weighted by Gasteiger charge is -1.93. The molecule has 2 aromatic rings. The van der Waals surface area contributed by atoms with Crippen molar-refractivity contribution in [3.8, 4) is 11.3 Å². The van der Waals surface area contributed by atoms with Gasteiger partial charge in [-0.05, 0) is 12.1 Å². The van der Waals surface area contributed by atoms with Crippen LogP contribution in [0.15, 0.2) is 30.6 Å². The average molecular weight is 175 g/mol. The number of nitrogens with zero attached hydrogens (tertiary/aromatic N) is 2. The largest absolute Gasteiger partial charge is 0.307 e. The van der Waals surface area contributed by atoms with Gasteiger partial charge in [-0.3, -0.25) is 10.1 Å². The van der Waals surface area contributed by atoms with Crippen LogP contribution in [0.2, 0.25) is 0 Å². The topological polar surface area (TPSA) is 79.6 Å². The van der Waals surface area contributed by atoms with E-state index in [0.717, 1.165) is 11.3 Å². The Hall–Kier alpha value is -1.88. The van der Waals surface area contributed by atoms with Gasteiger partial charge in [0, 0.05) is 24.0 Å². The summed E-state index contributed by atoms with van der Waals surface area (Å²) in [6, 6.07) is 5.62. The summed E-state index contributed by atoms with van der Waals surface area (Å²) >= 11 is 0. The summed E-state index contributed by atoms with van der Waals surface area (Å²) in [7, 11) is 0. The molecule has 0 fully saturated rings. The molecule has 0 spiro atoms. The third-order valence-electron chi connectivity index (χ3n) is 1.72. The lowest BCUT2D eigenvalue weighted by molar-refractivity contribution is 1.08. The molecule has 0 aliphatic carbocycles. The second-order valence-corrected chi connectivity index (χ2v) is 2.55. The van der Waals surface area contributed by atoms with Crippen LogP contribution in [0, 0.1) is 0 Å². The number of hydrogen-bond acceptors (Lipinski definition) is 4. The van der Waals surface area contributed by atoms with E-state index in [9.17, 15) is 0 Å². The summed E-state index contributed by atoms with van der Waals surface area (Å²) < 4.78 is 0. The number of nitrogens with one attached hydrogen (secondary N) is 2. The van der Waals surface area contributed by atoms with Crippen molar-refractivity contribution in [3.05, 3.63) is 30.6 Å². The molecule has 0 saturated carbocycles. The molecule has 0 unspecified atom stereocenters. The third-order valence-corrected chi connectivity index (χ3v) is 1.72.